The first kappa shape index (κ1) is 19.6. The number of halogens is 2. The van der Waals surface area contributed by atoms with Crippen molar-refractivity contribution in [1.82, 2.24) is 10.2 Å². The molecule has 1 aromatic rings. The Morgan fingerprint density at radius 3 is 2.33 bits per heavy atom. The topological polar surface area (TPSA) is 33.7 Å². The molecular formula is C18H28Cl2N2O2. The van der Waals surface area contributed by atoms with Crippen LogP contribution >= 0.6 is 24.8 Å². The van der Waals surface area contributed by atoms with Crippen LogP contribution in [-0.2, 0) is 0 Å². The highest BCUT2D eigenvalue weighted by atomic mass is 35.5. The summed E-state index contributed by atoms with van der Waals surface area (Å²) in [4.78, 5) is 2.68. The fourth-order valence-corrected chi connectivity index (χ4v) is 4.26. The molecule has 0 unspecified atom stereocenters. The van der Waals surface area contributed by atoms with Gasteiger partial charge < -0.3 is 14.8 Å². The van der Waals surface area contributed by atoms with E-state index in [-0.39, 0.29) is 24.8 Å². The van der Waals surface area contributed by atoms with Crippen LogP contribution in [0.5, 0.6) is 11.5 Å². The van der Waals surface area contributed by atoms with Gasteiger partial charge in [-0.25, -0.2) is 0 Å². The van der Waals surface area contributed by atoms with Crippen molar-refractivity contribution in [3.8, 4) is 11.5 Å². The molecule has 1 aromatic carbocycles. The van der Waals surface area contributed by atoms with Crippen LogP contribution < -0.4 is 14.8 Å². The lowest BCUT2D eigenvalue weighted by atomic mass is 9.89. The van der Waals surface area contributed by atoms with Crippen LogP contribution in [-0.4, -0.2) is 44.3 Å². The minimum atomic E-state index is 0. The van der Waals surface area contributed by atoms with Crippen molar-refractivity contribution in [2.45, 2.75) is 31.7 Å². The van der Waals surface area contributed by atoms with Crippen LogP contribution in [0.25, 0.3) is 0 Å². The largest absolute Gasteiger partial charge is 0.486 e. The predicted octanol–water partition coefficient (Wildman–Crippen LogP) is 3.44. The van der Waals surface area contributed by atoms with Crippen molar-refractivity contribution in [3.05, 3.63) is 23.8 Å². The standard InChI is InChI=1S/C18H26N2O2.2ClH/c1-2-4-14(3-1)18(20-9-7-19-8-10-20)15-5-6-16-17(13-15)22-12-11-21-16;;/h5-6,13-14,18-19H,1-4,7-12H2;2*1H/t18-;;/m1../s1. The summed E-state index contributed by atoms with van der Waals surface area (Å²) in [6.45, 7) is 5.83. The molecule has 4 nitrogen and oxygen atoms in total. The normalized spacial score (nSPS) is 22.3. The van der Waals surface area contributed by atoms with Gasteiger partial charge in [-0.15, -0.1) is 24.8 Å². The van der Waals surface area contributed by atoms with Gasteiger partial charge in [-0.1, -0.05) is 18.9 Å². The first-order chi connectivity index (χ1) is 10.9. The number of rotatable bonds is 3. The highest BCUT2D eigenvalue weighted by molar-refractivity contribution is 5.85. The molecule has 4 rings (SSSR count). The molecule has 1 atom stereocenters. The summed E-state index contributed by atoms with van der Waals surface area (Å²) in [5, 5.41) is 3.48. The Morgan fingerprint density at radius 2 is 1.62 bits per heavy atom. The van der Waals surface area contributed by atoms with Crippen LogP contribution in [0.3, 0.4) is 0 Å². The molecule has 1 saturated carbocycles. The molecule has 1 saturated heterocycles. The molecule has 136 valence electrons. The van der Waals surface area contributed by atoms with E-state index in [1.54, 1.807) is 0 Å². The lowest BCUT2D eigenvalue weighted by molar-refractivity contribution is 0.124. The van der Waals surface area contributed by atoms with Gasteiger partial charge in [0.05, 0.1) is 0 Å². The van der Waals surface area contributed by atoms with Crippen molar-refractivity contribution < 1.29 is 9.47 Å². The summed E-state index contributed by atoms with van der Waals surface area (Å²) in [7, 11) is 0. The van der Waals surface area contributed by atoms with E-state index in [1.807, 2.05) is 0 Å². The molecule has 2 heterocycles. The maximum absolute atomic E-state index is 5.81. The minimum absolute atomic E-state index is 0. The van der Waals surface area contributed by atoms with Gasteiger partial charge in [0.2, 0.25) is 0 Å². The van der Waals surface area contributed by atoms with Gasteiger partial charge in [0, 0.05) is 32.2 Å². The van der Waals surface area contributed by atoms with Crippen molar-refractivity contribution >= 4 is 24.8 Å². The molecule has 2 fully saturated rings. The minimum Gasteiger partial charge on any atom is -0.486 e. The third-order valence-corrected chi connectivity index (χ3v) is 5.30. The second kappa shape index (κ2) is 9.14. The molecule has 0 aromatic heterocycles. The van der Waals surface area contributed by atoms with Crippen molar-refractivity contribution in [3.63, 3.8) is 0 Å². The average Bonchev–Trinajstić information content (AvgIpc) is 3.10. The Morgan fingerprint density at radius 1 is 0.958 bits per heavy atom. The lowest BCUT2D eigenvalue weighted by Crippen LogP contribution is -2.46. The second-order valence-corrected chi connectivity index (χ2v) is 6.68. The summed E-state index contributed by atoms with van der Waals surface area (Å²) in [6.07, 6.45) is 5.50. The molecular weight excluding hydrogens is 347 g/mol. The maximum atomic E-state index is 5.81. The van der Waals surface area contributed by atoms with Gasteiger partial charge in [0.25, 0.3) is 0 Å². The van der Waals surface area contributed by atoms with Gasteiger partial charge in [-0.3, -0.25) is 4.90 Å². The van der Waals surface area contributed by atoms with E-state index in [4.69, 9.17) is 9.47 Å². The zero-order valence-electron chi connectivity index (χ0n) is 14.0. The summed E-state index contributed by atoms with van der Waals surface area (Å²) in [5.74, 6) is 2.63. The first-order valence-corrected chi connectivity index (χ1v) is 8.76. The monoisotopic (exact) mass is 374 g/mol. The van der Waals surface area contributed by atoms with Crippen LogP contribution in [0.4, 0.5) is 0 Å². The van der Waals surface area contributed by atoms with E-state index >= 15 is 0 Å². The Labute approximate surface area is 157 Å². The SMILES string of the molecule is Cl.Cl.c1cc2c(cc1[C@@H](C1CCCC1)N1CCNCC1)OCCO2. The van der Waals surface area contributed by atoms with E-state index in [9.17, 15) is 0 Å². The summed E-state index contributed by atoms with van der Waals surface area (Å²) < 4.78 is 11.5. The van der Waals surface area contributed by atoms with Crippen molar-refractivity contribution in [2.75, 3.05) is 39.4 Å². The number of ether oxygens (including phenoxy) is 2. The van der Waals surface area contributed by atoms with Crippen LogP contribution in [0.15, 0.2) is 18.2 Å². The van der Waals surface area contributed by atoms with E-state index < -0.39 is 0 Å². The second-order valence-electron chi connectivity index (χ2n) is 6.68. The van der Waals surface area contributed by atoms with Gasteiger partial charge in [0.15, 0.2) is 11.5 Å². The van der Waals surface area contributed by atoms with Gasteiger partial charge >= 0.3 is 0 Å². The Hall–Kier alpha value is -0.680. The average molecular weight is 375 g/mol. The fourth-order valence-electron chi connectivity index (χ4n) is 4.26. The molecule has 1 N–H and O–H groups in total. The summed E-state index contributed by atoms with van der Waals surface area (Å²) in [6, 6.07) is 7.15. The lowest BCUT2D eigenvalue weighted by Gasteiger charge is -2.39. The molecule has 0 bridgehead atoms. The number of hydrogen-bond acceptors (Lipinski definition) is 4. The third kappa shape index (κ3) is 4.10. The highest BCUT2D eigenvalue weighted by Gasteiger charge is 2.32. The number of piperazine rings is 1. The van der Waals surface area contributed by atoms with Gasteiger partial charge in [-0.2, -0.15) is 0 Å². The zero-order valence-corrected chi connectivity index (χ0v) is 15.7. The van der Waals surface area contributed by atoms with Crippen molar-refractivity contribution in [2.24, 2.45) is 5.92 Å². The summed E-state index contributed by atoms with van der Waals surface area (Å²) in [5.41, 5.74) is 1.41. The maximum Gasteiger partial charge on any atom is 0.161 e. The third-order valence-electron chi connectivity index (χ3n) is 5.30. The number of nitrogens with zero attached hydrogens (tertiary/aromatic N) is 1. The molecule has 0 radical (unpaired) electrons. The van der Waals surface area contributed by atoms with E-state index in [2.05, 4.69) is 28.4 Å². The molecule has 24 heavy (non-hydrogen) atoms. The number of fused-ring (bicyclic) bond motifs is 1. The molecule has 1 aliphatic carbocycles. The van der Waals surface area contributed by atoms with E-state index in [0.29, 0.717) is 19.3 Å². The quantitative estimate of drug-likeness (QED) is 0.878. The fraction of sp³-hybridized carbons (Fsp3) is 0.667. The summed E-state index contributed by atoms with van der Waals surface area (Å²) >= 11 is 0. The highest BCUT2D eigenvalue weighted by Crippen LogP contribution is 2.42. The van der Waals surface area contributed by atoms with E-state index in [0.717, 1.165) is 43.6 Å². The Kier molecular flexibility index (Phi) is 7.48. The van der Waals surface area contributed by atoms with Crippen LogP contribution in [0, 0.1) is 5.92 Å². The van der Waals surface area contributed by atoms with Gasteiger partial charge in [-0.05, 0) is 36.5 Å². The number of benzene rings is 1. The Bertz CT molecular complexity index is 518. The zero-order chi connectivity index (χ0) is 14.8. The van der Waals surface area contributed by atoms with Crippen molar-refractivity contribution in [1.29, 1.82) is 0 Å². The first-order valence-electron chi connectivity index (χ1n) is 8.76. The number of nitrogens with one attached hydrogen (secondary N) is 1. The Balaban J connectivity index is 0.00000104. The molecule has 3 aliphatic rings. The smallest absolute Gasteiger partial charge is 0.161 e. The molecule has 0 spiro atoms. The molecule has 0 amide bonds. The van der Waals surface area contributed by atoms with E-state index in [1.165, 1.54) is 31.2 Å². The van der Waals surface area contributed by atoms with Crippen LogP contribution in [0.1, 0.15) is 37.3 Å². The van der Waals surface area contributed by atoms with Gasteiger partial charge in [0.1, 0.15) is 13.2 Å². The molecule has 6 heteroatoms. The number of hydrogen-bond donors (Lipinski definition) is 1. The molecule has 2 aliphatic heterocycles. The predicted molar refractivity (Wildman–Crippen MR) is 101 cm³/mol. The van der Waals surface area contributed by atoms with Crippen LogP contribution in [0.2, 0.25) is 0 Å².